The summed E-state index contributed by atoms with van der Waals surface area (Å²) in [5, 5.41) is 11.7. The van der Waals surface area contributed by atoms with Crippen molar-refractivity contribution in [3.8, 4) is 0 Å². The minimum atomic E-state index is -1.15. The molecule has 0 aromatic carbocycles. The molecule has 0 radical (unpaired) electrons. The van der Waals surface area contributed by atoms with Crippen LogP contribution in [-0.2, 0) is 0 Å². The van der Waals surface area contributed by atoms with Crippen LogP contribution >= 0.6 is 0 Å². The zero-order valence-electron chi connectivity index (χ0n) is 11.7. The SMILES string of the molecule is CC(C)C1CCCN1C(=O)Nc1cccnc1C(=O)O. The van der Waals surface area contributed by atoms with E-state index >= 15 is 0 Å². The van der Waals surface area contributed by atoms with E-state index in [4.69, 9.17) is 5.11 Å². The third-order valence-corrected chi connectivity index (χ3v) is 3.58. The predicted molar refractivity (Wildman–Crippen MR) is 74.8 cm³/mol. The molecule has 2 N–H and O–H groups in total. The fourth-order valence-electron chi connectivity index (χ4n) is 2.60. The van der Waals surface area contributed by atoms with Gasteiger partial charge in [-0.25, -0.2) is 14.6 Å². The third-order valence-electron chi connectivity index (χ3n) is 3.58. The number of aromatic carboxylic acids is 1. The van der Waals surface area contributed by atoms with Gasteiger partial charge in [0.15, 0.2) is 5.69 Å². The van der Waals surface area contributed by atoms with Crippen LogP contribution in [0.2, 0.25) is 0 Å². The summed E-state index contributed by atoms with van der Waals surface area (Å²) in [6.45, 7) is 4.88. The molecule has 1 unspecified atom stereocenters. The largest absolute Gasteiger partial charge is 0.476 e. The maximum Gasteiger partial charge on any atom is 0.356 e. The Labute approximate surface area is 117 Å². The van der Waals surface area contributed by atoms with Gasteiger partial charge in [-0.15, -0.1) is 0 Å². The van der Waals surface area contributed by atoms with Gasteiger partial charge in [0, 0.05) is 18.8 Å². The van der Waals surface area contributed by atoms with Crippen LogP contribution < -0.4 is 5.32 Å². The van der Waals surface area contributed by atoms with Gasteiger partial charge in [0.05, 0.1) is 5.69 Å². The second kappa shape index (κ2) is 5.90. The molecule has 108 valence electrons. The van der Waals surface area contributed by atoms with Crippen LogP contribution in [0.5, 0.6) is 0 Å². The van der Waals surface area contributed by atoms with Crippen molar-refractivity contribution in [3.05, 3.63) is 24.0 Å². The number of amides is 2. The van der Waals surface area contributed by atoms with Crippen molar-refractivity contribution in [2.24, 2.45) is 5.92 Å². The molecule has 1 atom stereocenters. The Morgan fingerprint density at radius 3 is 2.90 bits per heavy atom. The number of nitrogens with zero attached hydrogens (tertiary/aromatic N) is 2. The highest BCUT2D eigenvalue weighted by Crippen LogP contribution is 2.25. The molecule has 6 heteroatoms. The highest BCUT2D eigenvalue weighted by Gasteiger charge is 2.31. The van der Waals surface area contributed by atoms with E-state index in [1.165, 1.54) is 6.20 Å². The zero-order valence-corrected chi connectivity index (χ0v) is 11.7. The number of carboxylic acids is 1. The zero-order chi connectivity index (χ0) is 14.7. The van der Waals surface area contributed by atoms with Crippen molar-refractivity contribution in [1.82, 2.24) is 9.88 Å². The van der Waals surface area contributed by atoms with Gasteiger partial charge in [-0.3, -0.25) is 0 Å². The number of hydrogen-bond acceptors (Lipinski definition) is 3. The van der Waals surface area contributed by atoms with Crippen LogP contribution in [0.3, 0.4) is 0 Å². The lowest BCUT2D eigenvalue weighted by molar-refractivity contribution is 0.0691. The summed E-state index contributed by atoms with van der Waals surface area (Å²) in [7, 11) is 0. The first-order valence-electron chi connectivity index (χ1n) is 6.76. The van der Waals surface area contributed by atoms with Crippen molar-refractivity contribution >= 4 is 17.7 Å². The Morgan fingerprint density at radius 2 is 2.25 bits per heavy atom. The lowest BCUT2D eigenvalue weighted by Crippen LogP contribution is -2.41. The topological polar surface area (TPSA) is 82.5 Å². The third kappa shape index (κ3) is 2.89. The highest BCUT2D eigenvalue weighted by molar-refractivity contribution is 5.98. The molecule has 2 rings (SSSR count). The van der Waals surface area contributed by atoms with Crippen molar-refractivity contribution in [3.63, 3.8) is 0 Å². The molecule has 1 aliphatic heterocycles. The maximum atomic E-state index is 12.3. The molecule has 0 spiro atoms. The Balaban J connectivity index is 2.14. The van der Waals surface area contributed by atoms with Gasteiger partial charge < -0.3 is 15.3 Å². The molecule has 1 aromatic rings. The summed E-state index contributed by atoms with van der Waals surface area (Å²) < 4.78 is 0. The number of rotatable bonds is 3. The number of anilines is 1. The van der Waals surface area contributed by atoms with Gasteiger partial charge in [-0.1, -0.05) is 13.8 Å². The molecule has 0 aliphatic carbocycles. The number of carbonyl (C=O) groups is 2. The number of pyridine rings is 1. The smallest absolute Gasteiger partial charge is 0.356 e. The normalized spacial score (nSPS) is 18.4. The number of likely N-dealkylation sites (tertiary alicyclic amines) is 1. The van der Waals surface area contributed by atoms with E-state index < -0.39 is 5.97 Å². The Kier molecular flexibility index (Phi) is 4.22. The van der Waals surface area contributed by atoms with Gasteiger partial charge in [0.1, 0.15) is 0 Å². The Morgan fingerprint density at radius 1 is 1.50 bits per heavy atom. The summed E-state index contributed by atoms with van der Waals surface area (Å²) in [4.78, 5) is 28.9. The van der Waals surface area contributed by atoms with Crippen LogP contribution in [0.1, 0.15) is 37.2 Å². The summed E-state index contributed by atoms with van der Waals surface area (Å²) in [6.07, 6.45) is 3.37. The van der Waals surface area contributed by atoms with E-state index in [2.05, 4.69) is 24.1 Å². The van der Waals surface area contributed by atoms with Crippen LogP contribution in [0.25, 0.3) is 0 Å². The lowest BCUT2D eigenvalue weighted by Gasteiger charge is -2.27. The molecule has 6 nitrogen and oxygen atoms in total. The van der Waals surface area contributed by atoms with Gasteiger partial charge in [0.25, 0.3) is 0 Å². The van der Waals surface area contributed by atoms with Crippen molar-refractivity contribution in [2.75, 3.05) is 11.9 Å². The molecule has 1 saturated heterocycles. The van der Waals surface area contributed by atoms with Gasteiger partial charge >= 0.3 is 12.0 Å². The molecule has 0 saturated carbocycles. The number of hydrogen-bond donors (Lipinski definition) is 2. The Hall–Kier alpha value is -2.11. The molecule has 0 bridgehead atoms. The second-order valence-electron chi connectivity index (χ2n) is 5.28. The number of carbonyl (C=O) groups excluding carboxylic acids is 1. The van der Waals surface area contributed by atoms with Crippen molar-refractivity contribution in [2.45, 2.75) is 32.7 Å². The average Bonchev–Trinajstić information content (AvgIpc) is 2.88. The monoisotopic (exact) mass is 277 g/mol. The van der Waals surface area contributed by atoms with Crippen LogP contribution in [-0.4, -0.2) is 39.6 Å². The predicted octanol–water partition coefficient (Wildman–Crippen LogP) is 2.43. The van der Waals surface area contributed by atoms with Crippen LogP contribution in [0.4, 0.5) is 10.5 Å². The fraction of sp³-hybridized carbons (Fsp3) is 0.500. The van der Waals surface area contributed by atoms with Gasteiger partial charge in [0.2, 0.25) is 0 Å². The number of urea groups is 1. The lowest BCUT2D eigenvalue weighted by atomic mass is 10.0. The molecule has 1 fully saturated rings. The van der Waals surface area contributed by atoms with E-state index in [1.807, 2.05) is 0 Å². The number of aromatic nitrogens is 1. The minimum absolute atomic E-state index is 0.138. The van der Waals surface area contributed by atoms with E-state index in [1.54, 1.807) is 17.0 Å². The fourth-order valence-corrected chi connectivity index (χ4v) is 2.60. The van der Waals surface area contributed by atoms with Crippen molar-refractivity contribution < 1.29 is 14.7 Å². The summed E-state index contributed by atoms with van der Waals surface area (Å²) >= 11 is 0. The number of carboxylic acid groups (broad SMARTS) is 1. The quantitative estimate of drug-likeness (QED) is 0.889. The standard InChI is InChI=1S/C14H19N3O3/c1-9(2)11-6-4-8-17(11)14(20)16-10-5-3-7-15-12(10)13(18)19/h3,5,7,9,11H,4,6,8H2,1-2H3,(H,16,20)(H,18,19). The molecule has 20 heavy (non-hydrogen) atoms. The second-order valence-corrected chi connectivity index (χ2v) is 5.28. The average molecular weight is 277 g/mol. The van der Waals surface area contributed by atoms with Gasteiger partial charge in [-0.05, 0) is 30.9 Å². The van der Waals surface area contributed by atoms with E-state index in [0.29, 0.717) is 12.5 Å². The highest BCUT2D eigenvalue weighted by atomic mass is 16.4. The molecular formula is C14H19N3O3. The van der Waals surface area contributed by atoms with Crippen LogP contribution in [0.15, 0.2) is 18.3 Å². The van der Waals surface area contributed by atoms with E-state index in [9.17, 15) is 9.59 Å². The molecule has 2 heterocycles. The summed E-state index contributed by atoms with van der Waals surface area (Å²) in [6, 6.07) is 3.11. The minimum Gasteiger partial charge on any atom is -0.476 e. The van der Waals surface area contributed by atoms with E-state index in [0.717, 1.165) is 12.8 Å². The van der Waals surface area contributed by atoms with E-state index in [-0.39, 0.29) is 23.5 Å². The van der Waals surface area contributed by atoms with Gasteiger partial charge in [-0.2, -0.15) is 0 Å². The Bertz CT molecular complexity index is 516. The molecule has 1 aromatic heterocycles. The van der Waals surface area contributed by atoms with Crippen molar-refractivity contribution in [1.29, 1.82) is 0 Å². The first-order chi connectivity index (χ1) is 9.50. The first kappa shape index (κ1) is 14.3. The molecular weight excluding hydrogens is 258 g/mol. The molecule has 1 aliphatic rings. The van der Waals surface area contributed by atoms with Crippen LogP contribution in [0, 0.1) is 5.92 Å². The first-order valence-corrected chi connectivity index (χ1v) is 6.76. The summed E-state index contributed by atoms with van der Waals surface area (Å²) in [5.41, 5.74) is 0.0977. The summed E-state index contributed by atoms with van der Waals surface area (Å²) in [5.74, 6) is -0.765. The molecule has 2 amide bonds. The number of nitrogens with one attached hydrogen (secondary N) is 1. The maximum absolute atomic E-state index is 12.3.